The van der Waals surface area contributed by atoms with Gasteiger partial charge in [0, 0.05) is 11.1 Å². The molecule has 272 valence electrons. The number of hydrogen-bond acceptors (Lipinski definition) is 0. The van der Waals surface area contributed by atoms with E-state index in [9.17, 15) is 50.4 Å². The van der Waals surface area contributed by atoms with E-state index in [1.54, 1.807) is 0 Å². The topological polar surface area (TPSA) is 17.6 Å². The van der Waals surface area contributed by atoms with Crippen LogP contribution in [0.2, 0.25) is 0 Å². The van der Waals surface area contributed by atoms with E-state index >= 15 is 0 Å². The van der Waals surface area contributed by atoms with E-state index in [0.29, 0.717) is 0 Å². The van der Waals surface area contributed by atoms with Gasteiger partial charge >= 0.3 is 66.0 Å². The molecule has 0 saturated carbocycles. The summed E-state index contributed by atoms with van der Waals surface area (Å²) in [6.45, 7) is 3.47. The van der Waals surface area contributed by atoms with Gasteiger partial charge in [-0.15, -0.1) is 0 Å². The van der Waals surface area contributed by atoms with Gasteiger partial charge in [-0.25, -0.2) is 18.3 Å². The molecule has 0 amide bonds. The Balaban J connectivity index is 0.000000340. The van der Waals surface area contributed by atoms with Crippen LogP contribution in [0, 0.1) is 0 Å². The molecule has 0 spiro atoms. The third kappa shape index (κ3) is 16.3. The average Bonchev–Trinajstić information content (AvgIpc) is 3.61. The van der Waals surface area contributed by atoms with Crippen molar-refractivity contribution in [2.75, 3.05) is 0 Å². The van der Waals surface area contributed by atoms with Gasteiger partial charge in [0.15, 0.2) is 0 Å². The molecule has 50 heavy (non-hydrogen) atoms. The van der Waals surface area contributed by atoms with Crippen molar-refractivity contribution in [1.29, 1.82) is 0 Å². The number of fused-ring (bicyclic) bond motifs is 1. The van der Waals surface area contributed by atoms with E-state index in [4.69, 9.17) is 0 Å². The molecule has 0 unspecified atom stereocenters. The van der Waals surface area contributed by atoms with Crippen molar-refractivity contribution in [3.05, 3.63) is 157 Å². The second kappa shape index (κ2) is 12.7. The van der Waals surface area contributed by atoms with E-state index in [0.717, 1.165) is 26.2 Å². The summed E-state index contributed by atoms with van der Waals surface area (Å²) in [4.78, 5) is 0. The number of halogens is 12. The van der Waals surface area contributed by atoms with Gasteiger partial charge in [0.05, 0.1) is 0 Å². The number of aromatic nitrogens is 4. The fourth-order valence-corrected chi connectivity index (χ4v) is 4.93. The molecule has 2 aromatic heterocycles. The quantitative estimate of drug-likeness (QED) is 0.0835. The minimum absolute atomic E-state index is 0.850. The van der Waals surface area contributed by atoms with Crippen LogP contribution in [0.5, 0.6) is 0 Å². The SMILES string of the molecule is F[P-](F)(F)(F)(F)F.F[P-](F)(F)(F)(F)F.c1ccc(C[n+]2ccn(Cc3ccc(Cn4cc[n+](Cc5ccccc5)c4)c4ccccc34)c2)cc1. The molecule has 6 rings (SSSR count). The first kappa shape index (κ1) is 38.4. The van der Waals surface area contributed by atoms with Crippen molar-refractivity contribution in [2.24, 2.45) is 0 Å². The predicted molar refractivity (Wildman–Crippen MR) is 170 cm³/mol. The fourth-order valence-electron chi connectivity index (χ4n) is 4.93. The summed E-state index contributed by atoms with van der Waals surface area (Å²) in [5, 5.41) is 2.64. The van der Waals surface area contributed by atoms with Crippen LogP contribution in [-0.2, 0) is 26.2 Å². The Morgan fingerprint density at radius 2 is 0.720 bits per heavy atom. The molecular weight excluding hydrogens is 730 g/mol. The zero-order chi connectivity index (χ0) is 37.0. The Morgan fingerprint density at radius 1 is 0.420 bits per heavy atom. The van der Waals surface area contributed by atoms with Crippen LogP contribution in [0.3, 0.4) is 0 Å². The summed E-state index contributed by atoms with van der Waals surface area (Å²) >= 11 is 0. The molecule has 4 aromatic carbocycles. The standard InChI is InChI=1S/C32H30N4.2F6P/c1-3-9-27(10-4-1)21-33-17-19-35(25-33)23-29-15-16-30(32-14-8-7-13-31(29)32)24-36-20-18-34(26-36)22-28-11-5-2-6-12-28;2*1-7(2,3,4,5)6/h1-20,25-26H,21-24H2;;/q+2;2*-1. The summed E-state index contributed by atoms with van der Waals surface area (Å²) in [5.74, 6) is 0. The Bertz CT molecular complexity index is 1870. The third-order valence-corrected chi connectivity index (χ3v) is 6.72. The molecule has 0 aliphatic heterocycles. The maximum atomic E-state index is 9.87. The minimum atomic E-state index is -10.7. The minimum Gasteiger partial charge on any atom is -0.233 e. The van der Waals surface area contributed by atoms with Crippen LogP contribution in [0.1, 0.15) is 22.3 Å². The molecule has 0 saturated heterocycles. The van der Waals surface area contributed by atoms with Gasteiger partial charge in [0.1, 0.15) is 51.0 Å². The first-order chi connectivity index (χ1) is 22.7. The van der Waals surface area contributed by atoms with Gasteiger partial charge in [0.2, 0.25) is 12.7 Å². The second-order valence-electron chi connectivity index (χ2n) is 11.3. The zero-order valence-corrected chi connectivity index (χ0v) is 27.5. The number of nitrogens with zero attached hydrogens (tertiary/aromatic N) is 4. The largest absolute Gasteiger partial charge is 0.244 e. The van der Waals surface area contributed by atoms with Gasteiger partial charge in [-0.3, -0.25) is 0 Å². The Hall–Kier alpha value is -4.42. The average molecular weight is 761 g/mol. The van der Waals surface area contributed by atoms with E-state index in [1.807, 2.05) is 0 Å². The zero-order valence-electron chi connectivity index (χ0n) is 25.7. The molecular formula is C32H30F12N4P2. The number of imidazole rings is 2. The predicted octanol–water partition coefficient (Wildman–Crippen LogP) is 12.0. The summed E-state index contributed by atoms with van der Waals surface area (Å²) in [7, 11) is -21.3. The molecule has 0 fully saturated rings. The molecule has 0 radical (unpaired) electrons. The van der Waals surface area contributed by atoms with E-state index < -0.39 is 15.6 Å². The normalized spacial score (nSPS) is 14.6. The first-order valence-corrected chi connectivity index (χ1v) is 18.6. The molecule has 18 heteroatoms. The van der Waals surface area contributed by atoms with Crippen LogP contribution in [0.4, 0.5) is 50.4 Å². The van der Waals surface area contributed by atoms with Crippen LogP contribution in [0.15, 0.2) is 135 Å². The van der Waals surface area contributed by atoms with Gasteiger partial charge in [-0.2, -0.15) is 0 Å². The smallest absolute Gasteiger partial charge is 0.233 e. The van der Waals surface area contributed by atoms with Crippen molar-refractivity contribution in [3.63, 3.8) is 0 Å². The van der Waals surface area contributed by atoms with Crippen molar-refractivity contribution < 1.29 is 59.5 Å². The van der Waals surface area contributed by atoms with Crippen LogP contribution >= 0.6 is 15.6 Å². The van der Waals surface area contributed by atoms with Crippen molar-refractivity contribution in [2.45, 2.75) is 26.2 Å². The molecule has 0 aliphatic rings. The van der Waals surface area contributed by atoms with Crippen molar-refractivity contribution >= 4 is 26.4 Å². The second-order valence-corrected chi connectivity index (χ2v) is 15.2. The maximum Gasteiger partial charge on any atom is 0.244 e. The summed E-state index contributed by atoms with van der Waals surface area (Å²) < 4.78 is 127. The number of benzene rings is 4. The summed E-state index contributed by atoms with van der Waals surface area (Å²) in [5.41, 5.74) is 5.29. The summed E-state index contributed by atoms with van der Waals surface area (Å²) in [6.07, 6.45) is 13.0. The number of hydrogen-bond donors (Lipinski definition) is 0. The van der Waals surface area contributed by atoms with Crippen LogP contribution < -0.4 is 9.13 Å². The van der Waals surface area contributed by atoms with Crippen molar-refractivity contribution in [1.82, 2.24) is 9.13 Å². The van der Waals surface area contributed by atoms with Crippen LogP contribution in [-0.4, -0.2) is 9.13 Å². The monoisotopic (exact) mass is 760 g/mol. The van der Waals surface area contributed by atoms with E-state index in [1.165, 1.54) is 33.0 Å². The molecule has 6 aromatic rings. The molecule has 0 N–H and O–H groups in total. The maximum absolute atomic E-state index is 10.7. The third-order valence-electron chi connectivity index (χ3n) is 6.72. The van der Waals surface area contributed by atoms with Gasteiger partial charge in [-0.05, 0) is 21.9 Å². The summed E-state index contributed by atoms with van der Waals surface area (Å²) in [6, 6.07) is 34.6. The van der Waals surface area contributed by atoms with Gasteiger partial charge in [-0.1, -0.05) is 97.1 Å². The van der Waals surface area contributed by atoms with E-state index in [-0.39, 0.29) is 0 Å². The van der Waals surface area contributed by atoms with E-state index in [2.05, 4.69) is 153 Å². The van der Waals surface area contributed by atoms with Crippen LogP contribution in [0.25, 0.3) is 10.8 Å². The Morgan fingerprint density at radius 3 is 1.04 bits per heavy atom. The molecule has 0 aliphatic carbocycles. The first-order valence-electron chi connectivity index (χ1n) is 14.5. The van der Waals surface area contributed by atoms with Gasteiger partial charge in [0.25, 0.3) is 0 Å². The molecule has 0 atom stereocenters. The van der Waals surface area contributed by atoms with Crippen molar-refractivity contribution in [3.8, 4) is 0 Å². The van der Waals surface area contributed by atoms with Gasteiger partial charge < -0.3 is 0 Å². The number of rotatable bonds is 8. The fraction of sp³-hybridized carbons (Fsp3) is 0.125. The molecule has 4 nitrogen and oxygen atoms in total. The molecule has 0 bridgehead atoms. The Kier molecular flexibility index (Phi) is 9.77. The Labute approximate surface area is 277 Å². The molecule has 2 heterocycles.